The van der Waals surface area contributed by atoms with E-state index < -0.39 is 0 Å². The summed E-state index contributed by atoms with van der Waals surface area (Å²) in [6, 6.07) is 5.64. The minimum absolute atomic E-state index is 0.301. The van der Waals surface area contributed by atoms with Gasteiger partial charge in [0, 0.05) is 12.6 Å². The molecule has 1 unspecified atom stereocenters. The molecule has 3 heteroatoms. The third-order valence-electron chi connectivity index (χ3n) is 3.59. The zero-order valence-corrected chi connectivity index (χ0v) is 10.5. The minimum atomic E-state index is -0.302. The van der Waals surface area contributed by atoms with Crippen LogP contribution in [0.3, 0.4) is 0 Å². The highest BCUT2D eigenvalue weighted by Gasteiger charge is 2.23. The summed E-state index contributed by atoms with van der Waals surface area (Å²) in [7, 11) is 0. The fourth-order valence-electron chi connectivity index (χ4n) is 2.73. The molecule has 0 aromatic heterocycles. The van der Waals surface area contributed by atoms with Gasteiger partial charge < -0.3 is 10.6 Å². The van der Waals surface area contributed by atoms with E-state index in [1.54, 1.807) is 6.07 Å². The summed E-state index contributed by atoms with van der Waals surface area (Å²) in [5, 5.41) is 0. The van der Waals surface area contributed by atoms with Crippen LogP contribution in [0.5, 0.6) is 0 Å². The van der Waals surface area contributed by atoms with E-state index >= 15 is 0 Å². The van der Waals surface area contributed by atoms with Gasteiger partial charge in [0.25, 0.3) is 0 Å². The molecule has 0 aliphatic carbocycles. The van der Waals surface area contributed by atoms with Gasteiger partial charge in [-0.1, -0.05) is 19.4 Å². The van der Waals surface area contributed by atoms with Crippen molar-refractivity contribution in [3.8, 4) is 0 Å². The van der Waals surface area contributed by atoms with Gasteiger partial charge in [-0.2, -0.15) is 0 Å². The topological polar surface area (TPSA) is 29.3 Å². The van der Waals surface area contributed by atoms with E-state index in [1.165, 1.54) is 25.3 Å². The number of hydrogen-bond acceptors (Lipinski definition) is 2. The molecule has 2 N–H and O–H groups in total. The molecule has 1 atom stereocenters. The van der Waals surface area contributed by atoms with Crippen molar-refractivity contribution in [2.75, 3.05) is 17.2 Å². The maximum Gasteiger partial charge on any atom is 0.148 e. The van der Waals surface area contributed by atoms with Crippen molar-refractivity contribution in [2.24, 2.45) is 0 Å². The summed E-state index contributed by atoms with van der Waals surface area (Å²) in [5.41, 5.74) is 7.03. The lowest BCUT2D eigenvalue weighted by Crippen LogP contribution is -2.40. The molecule has 1 aromatic rings. The van der Waals surface area contributed by atoms with Crippen molar-refractivity contribution in [2.45, 2.75) is 45.1 Å². The quantitative estimate of drug-likeness (QED) is 0.813. The summed E-state index contributed by atoms with van der Waals surface area (Å²) >= 11 is 0. The first-order valence-electron chi connectivity index (χ1n) is 6.54. The molecular formula is C14H21FN2. The molecule has 1 saturated heterocycles. The minimum Gasteiger partial charge on any atom is -0.395 e. The van der Waals surface area contributed by atoms with Crippen LogP contribution in [0.15, 0.2) is 18.2 Å². The molecule has 0 spiro atoms. The Morgan fingerprint density at radius 1 is 1.41 bits per heavy atom. The number of nitrogen functional groups attached to an aromatic ring is 1. The highest BCUT2D eigenvalue weighted by Crippen LogP contribution is 2.32. The second-order valence-electron chi connectivity index (χ2n) is 4.80. The first-order valence-corrected chi connectivity index (χ1v) is 6.54. The SMILES string of the molecule is CCCC1CCCCN1c1cccc(F)c1N. The zero-order valence-electron chi connectivity index (χ0n) is 10.5. The molecule has 1 aliphatic rings. The number of hydrogen-bond donors (Lipinski definition) is 1. The largest absolute Gasteiger partial charge is 0.395 e. The molecule has 0 saturated carbocycles. The molecule has 1 fully saturated rings. The van der Waals surface area contributed by atoms with Gasteiger partial charge in [0.2, 0.25) is 0 Å². The highest BCUT2D eigenvalue weighted by molar-refractivity contribution is 5.68. The molecule has 2 nitrogen and oxygen atoms in total. The predicted molar refractivity (Wildman–Crippen MR) is 70.7 cm³/mol. The average Bonchev–Trinajstić information content (AvgIpc) is 2.34. The normalized spacial score (nSPS) is 20.6. The van der Waals surface area contributed by atoms with Crippen LogP contribution in [-0.2, 0) is 0 Å². The number of nitrogens with two attached hydrogens (primary N) is 1. The Balaban J connectivity index is 2.26. The molecule has 17 heavy (non-hydrogen) atoms. The van der Waals surface area contributed by atoms with E-state index in [1.807, 2.05) is 6.07 Å². The summed E-state index contributed by atoms with van der Waals surface area (Å²) < 4.78 is 13.5. The van der Waals surface area contributed by atoms with Gasteiger partial charge in [-0.15, -0.1) is 0 Å². The molecule has 0 radical (unpaired) electrons. The Labute approximate surface area is 103 Å². The first kappa shape index (κ1) is 12.2. The van der Waals surface area contributed by atoms with E-state index in [2.05, 4.69) is 11.8 Å². The highest BCUT2D eigenvalue weighted by atomic mass is 19.1. The van der Waals surface area contributed by atoms with Crippen molar-refractivity contribution >= 4 is 11.4 Å². The fraction of sp³-hybridized carbons (Fsp3) is 0.571. The summed E-state index contributed by atoms with van der Waals surface area (Å²) in [6.45, 7) is 3.19. The van der Waals surface area contributed by atoms with Gasteiger partial charge in [0.05, 0.1) is 11.4 Å². The molecule has 1 heterocycles. The molecule has 94 valence electrons. The number of piperidine rings is 1. The van der Waals surface area contributed by atoms with Gasteiger partial charge in [0.15, 0.2) is 0 Å². The van der Waals surface area contributed by atoms with Crippen LogP contribution in [0.1, 0.15) is 39.0 Å². The summed E-state index contributed by atoms with van der Waals surface area (Å²) in [4.78, 5) is 2.30. The molecule has 0 bridgehead atoms. The maximum absolute atomic E-state index is 13.5. The summed E-state index contributed by atoms with van der Waals surface area (Å²) in [6.07, 6.45) is 5.97. The standard InChI is InChI=1S/C14H21FN2/c1-2-6-11-7-3-4-10-17(11)13-9-5-8-12(15)14(13)16/h5,8-9,11H,2-4,6-7,10,16H2,1H3. The van der Waals surface area contributed by atoms with Crippen LogP contribution in [0, 0.1) is 5.82 Å². The second kappa shape index (κ2) is 5.39. The zero-order chi connectivity index (χ0) is 12.3. The lowest BCUT2D eigenvalue weighted by Gasteiger charge is -2.38. The number of halogens is 1. The molecule has 2 rings (SSSR count). The molecule has 1 aromatic carbocycles. The average molecular weight is 236 g/mol. The van der Waals surface area contributed by atoms with Crippen molar-refractivity contribution in [3.63, 3.8) is 0 Å². The van der Waals surface area contributed by atoms with E-state index in [-0.39, 0.29) is 5.82 Å². The number of nitrogens with zero attached hydrogens (tertiary/aromatic N) is 1. The van der Waals surface area contributed by atoms with Crippen molar-refractivity contribution in [1.82, 2.24) is 0 Å². The van der Waals surface area contributed by atoms with E-state index in [0.29, 0.717) is 11.7 Å². The van der Waals surface area contributed by atoms with Crippen molar-refractivity contribution < 1.29 is 4.39 Å². The number of benzene rings is 1. The lowest BCUT2D eigenvalue weighted by atomic mass is 9.97. The smallest absolute Gasteiger partial charge is 0.148 e. The van der Waals surface area contributed by atoms with Gasteiger partial charge in [0.1, 0.15) is 5.82 Å². The Morgan fingerprint density at radius 3 is 3.00 bits per heavy atom. The third-order valence-corrected chi connectivity index (χ3v) is 3.59. The number of rotatable bonds is 3. The molecular weight excluding hydrogens is 215 g/mol. The third kappa shape index (κ3) is 2.54. The van der Waals surface area contributed by atoms with Gasteiger partial charge in [-0.3, -0.25) is 0 Å². The van der Waals surface area contributed by atoms with Crippen LogP contribution in [0.4, 0.5) is 15.8 Å². The number of anilines is 2. The predicted octanol–water partition coefficient (Wildman–Crippen LogP) is 3.57. The molecule has 1 aliphatic heterocycles. The monoisotopic (exact) mass is 236 g/mol. The Kier molecular flexibility index (Phi) is 3.87. The van der Waals surface area contributed by atoms with Gasteiger partial charge in [-0.25, -0.2) is 4.39 Å². The fourth-order valence-corrected chi connectivity index (χ4v) is 2.73. The van der Waals surface area contributed by atoms with Crippen LogP contribution in [0.2, 0.25) is 0 Å². The van der Waals surface area contributed by atoms with E-state index in [0.717, 1.165) is 25.1 Å². The first-order chi connectivity index (χ1) is 8.24. The Morgan fingerprint density at radius 2 is 2.24 bits per heavy atom. The maximum atomic E-state index is 13.5. The lowest BCUT2D eigenvalue weighted by molar-refractivity contribution is 0.434. The number of para-hydroxylation sites is 1. The van der Waals surface area contributed by atoms with Crippen LogP contribution in [-0.4, -0.2) is 12.6 Å². The van der Waals surface area contributed by atoms with Crippen molar-refractivity contribution in [3.05, 3.63) is 24.0 Å². The van der Waals surface area contributed by atoms with Gasteiger partial charge in [-0.05, 0) is 37.8 Å². The Bertz CT molecular complexity index is 376. The molecule has 0 amide bonds. The van der Waals surface area contributed by atoms with Crippen LogP contribution >= 0.6 is 0 Å². The van der Waals surface area contributed by atoms with Gasteiger partial charge >= 0.3 is 0 Å². The van der Waals surface area contributed by atoms with E-state index in [4.69, 9.17) is 5.73 Å². The second-order valence-corrected chi connectivity index (χ2v) is 4.80. The van der Waals surface area contributed by atoms with Crippen LogP contribution in [0.25, 0.3) is 0 Å². The van der Waals surface area contributed by atoms with Crippen molar-refractivity contribution in [1.29, 1.82) is 0 Å². The van der Waals surface area contributed by atoms with Crippen LogP contribution < -0.4 is 10.6 Å². The Hall–Kier alpha value is -1.25. The summed E-state index contributed by atoms with van der Waals surface area (Å²) in [5.74, 6) is -0.302. The van der Waals surface area contributed by atoms with E-state index in [9.17, 15) is 4.39 Å².